The quantitative estimate of drug-likeness (QED) is 0.823. The van der Waals surface area contributed by atoms with Gasteiger partial charge in [0, 0.05) is 6.04 Å². The van der Waals surface area contributed by atoms with Crippen molar-refractivity contribution in [2.45, 2.75) is 32.2 Å². The van der Waals surface area contributed by atoms with Crippen molar-refractivity contribution in [3.63, 3.8) is 0 Å². The van der Waals surface area contributed by atoms with Crippen molar-refractivity contribution in [2.75, 3.05) is 7.11 Å². The Kier molecular flexibility index (Phi) is 2.96. The van der Waals surface area contributed by atoms with E-state index in [1.165, 1.54) is 30.4 Å². The molecular formula is C13H19NO. The second kappa shape index (κ2) is 4.23. The first-order chi connectivity index (χ1) is 7.22. The number of benzene rings is 1. The minimum Gasteiger partial charge on any atom is -0.496 e. The number of ether oxygens (including phenoxy) is 1. The normalized spacial score (nSPS) is 18.3. The van der Waals surface area contributed by atoms with Gasteiger partial charge in [-0.25, -0.2) is 0 Å². The summed E-state index contributed by atoms with van der Waals surface area (Å²) in [6, 6.07) is 6.49. The predicted octanol–water partition coefficient (Wildman–Crippen LogP) is 2.80. The van der Waals surface area contributed by atoms with Crippen LogP contribution in [0.3, 0.4) is 0 Å². The van der Waals surface area contributed by atoms with Gasteiger partial charge in [0.05, 0.1) is 7.11 Å². The van der Waals surface area contributed by atoms with Gasteiger partial charge in [0.1, 0.15) is 5.75 Å². The lowest BCUT2D eigenvalue weighted by Crippen LogP contribution is -2.26. The molecule has 2 rings (SSSR count). The van der Waals surface area contributed by atoms with Gasteiger partial charge in [-0.3, -0.25) is 0 Å². The average molecular weight is 205 g/mol. The van der Waals surface area contributed by atoms with Crippen LogP contribution in [0.15, 0.2) is 18.2 Å². The van der Waals surface area contributed by atoms with Crippen LogP contribution in [-0.4, -0.2) is 7.11 Å². The lowest BCUT2D eigenvalue weighted by Gasteiger charge is -2.31. The minimum absolute atomic E-state index is 0.188. The summed E-state index contributed by atoms with van der Waals surface area (Å²) in [7, 11) is 1.71. The van der Waals surface area contributed by atoms with Gasteiger partial charge in [0.2, 0.25) is 0 Å². The third-order valence-electron chi connectivity index (χ3n) is 3.47. The summed E-state index contributed by atoms with van der Waals surface area (Å²) in [6.45, 7) is 2.05. The first-order valence-electron chi connectivity index (χ1n) is 5.62. The second-order valence-electron chi connectivity index (χ2n) is 4.45. The van der Waals surface area contributed by atoms with Crippen LogP contribution < -0.4 is 10.5 Å². The Labute approximate surface area is 91.4 Å². The molecule has 0 bridgehead atoms. The number of hydrogen-bond acceptors (Lipinski definition) is 2. The summed E-state index contributed by atoms with van der Waals surface area (Å²) in [4.78, 5) is 0. The maximum absolute atomic E-state index is 6.22. The zero-order chi connectivity index (χ0) is 10.8. The highest BCUT2D eigenvalue weighted by Crippen LogP contribution is 2.37. The van der Waals surface area contributed by atoms with Crippen LogP contribution in [0.25, 0.3) is 0 Å². The minimum atomic E-state index is 0.188. The van der Waals surface area contributed by atoms with E-state index in [0.717, 1.165) is 5.75 Å². The topological polar surface area (TPSA) is 35.2 Å². The summed E-state index contributed by atoms with van der Waals surface area (Å²) < 4.78 is 5.31. The van der Waals surface area contributed by atoms with E-state index in [1.54, 1.807) is 7.11 Å². The molecule has 2 heteroatoms. The van der Waals surface area contributed by atoms with Crippen LogP contribution in [0, 0.1) is 12.8 Å². The van der Waals surface area contributed by atoms with Crippen LogP contribution in [0.1, 0.15) is 36.4 Å². The number of methoxy groups -OCH3 is 1. The molecule has 0 aliphatic heterocycles. The van der Waals surface area contributed by atoms with Crippen LogP contribution in [-0.2, 0) is 0 Å². The molecule has 0 aromatic heterocycles. The highest BCUT2D eigenvalue weighted by atomic mass is 16.5. The van der Waals surface area contributed by atoms with Gasteiger partial charge >= 0.3 is 0 Å². The van der Waals surface area contributed by atoms with E-state index in [2.05, 4.69) is 25.1 Å². The zero-order valence-electron chi connectivity index (χ0n) is 9.49. The molecule has 0 radical (unpaired) electrons. The van der Waals surface area contributed by atoms with E-state index in [-0.39, 0.29) is 6.04 Å². The molecule has 1 atom stereocenters. The number of rotatable bonds is 3. The van der Waals surface area contributed by atoms with Crippen molar-refractivity contribution in [2.24, 2.45) is 11.7 Å². The van der Waals surface area contributed by atoms with E-state index < -0.39 is 0 Å². The lowest BCUT2D eigenvalue weighted by molar-refractivity contribution is 0.264. The third kappa shape index (κ3) is 2.00. The van der Waals surface area contributed by atoms with Crippen molar-refractivity contribution >= 4 is 0 Å². The van der Waals surface area contributed by atoms with Gasteiger partial charge in [-0.15, -0.1) is 0 Å². The van der Waals surface area contributed by atoms with E-state index in [0.29, 0.717) is 5.92 Å². The second-order valence-corrected chi connectivity index (χ2v) is 4.45. The van der Waals surface area contributed by atoms with Gasteiger partial charge in [0.15, 0.2) is 0 Å². The highest BCUT2D eigenvalue weighted by Gasteiger charge is 2.25. The lowest BCUT2D eigenvalue weighted by atomic mass is 9.77. The SMILES string of the molecule is COc1cc([C@H](N)C2CCC2)ccc1C. The van der Waals surface area contributed by atoms with Gasteiger partial charge in [0.25, 0.3) is 0 Å². The van der Waals surface area contributed by atoms with Gasteiger partial charge < -0.3 is 10.5 Å². The highest BCUT2D eigenvalue weighted by molar-refractivity contribution is 5.38. The summed E-state index contributed by atoms with van der Waals surface area (Å²) in [5.74, 6) is 1.62. The van der Waals surface area contributed by atoms with Crippen LogP contribution in [0.4, 0.5) is 0 Å². The summed E-state index contributed by atoms with van der Waals surface area (Å²) >= 11 is 0. The Morgan fingerprint density at radius 1 is 1.40 bits per heavy atom. The molecule has 1 aromatic rings. The Morgan fingerprint density at radius 2 is 2.13 bits per heavy atom. The smallest absolute Gasteiger partial charge is 0.122 e. The molecule has 2 nitrogen and oxygen atoms in total. The van der Waals surface area contributed by atoms with Crippen molar-refractivity contribution < 1.29 is 4.74 Å². The molecule has 0 unspecified atom stereocenters. The molecule has 1 aliphatic carbocycles. The number of hydrogen-bond donors (Lipinski definition) is 1. The largest absolute Gasteiger partial charge is 0.496 e. The maximum Gasteiger partial charge on any atom is 0.122 e. The van der Waals surface area contributed by atoms with E-state index in [4.69, 9.17) is 10.5 Å². The zero-order valence-corrected chi connectivity index (χ0v) is 9.49. The Balaban J connectivity index is 2.20. The molecule has 0 heterocycles. The van der Waals surface area contributed by atoms with Crippen molar-refractivity contribution in [3.8, 4) is 5.75 Å². The Morgan fingerprint density at radius 3 is 2.67 bits per heavy atom. The summed E-state index contributed by atoms with van der Waals surface area (Å²) in [5.41, 5.74) is 8.60. The molecule has 0 spiro atoms. The molecule has 1 fully saturated rings. The molecule has 82 valence electrons. The number of nitrogens with two attached hydrogens (primary N) is 1. The molecule has 15 heavy (non-hydrogen) atoms. The fourth-order valence-corrected chi connectivity index (χ4v) is 2.12. The van der Waals surface area contributed by atoms with Crippen molar-refractivity contribution in [1.29, 1.82) is 0 Å². The molecular weight excluding hydrogens is 186 g/mol. The Hall–Kier alpha value is -1.02. The molecule has 1 aromatic carbocycles. The molecule has 0 amide bonds. The van der Waals surface area contributed by atoms with Gasteiger partial charge in [-0.05, 0) is 42.9 Å². The van der Waals surface area contributed by atoms with Gasteiger partial charge in [-0.2, -0.15) is 0 Å². The average Bonchev–Trinajstić information content (AvgIpc) is 2.15. The fraction of sp³-hybridized carbons (Fsp3) is 0.538. The first kappa shape index (κ1) is 10.5. The van der Waals surface area contributed by atoms with E-state index in [1.807, 2.05) is 0 Å². The van der Waals surface area contributed by atoms with Crippen LogP contribution in [0.2, 0.25) is 0 Å². The Bertz CT molecular complexity index is 344. The van der Waals surface area contributed by atoms with Crippen molar-refractivity contribution in [3.05, 3.63) is 29.3 Å². The molecule has 1 aliphatic rings. The van der Waals surface area contributed by atoms with E-state index >= 15 is 0 Å². The summed E-state index contributed by atoms with van der Waals surface area (Å²) in [5, 5.41) is 0. The predicted molar refractivity (Wildman–Crippen MR) is 62.0 cm³/mol. The monoisotopic (exact) mass is 205 g/mol. The first-order valence-corrected chi connectivity index (χ1v) is 5.62. The summed E-state index contributed by atoms with van der Waals surface area (Å²) in [6.07, 6.45) is 3.89. The third-order valence-corrected chi connectivity index (χ3v) is 3.47. The maximum atomic E-state index is 6.22. The molecule has 2 N–H and O–H groups in total. The standard InChI is InChI=1S/C13H19NO/c1-9-6-7-11(8-12(9)15-2)13(14)10-4-3-5-10/h6-8,10,13H,3-5,14H2,1-2H3/t13-/m1/s1. The van der Waals surface area contributed by atoms with Gasteiger partial charge in [-0.1, -0.05) is 18.6 Å². The molecule has 0 saturated heterocycles. The van der Waals surface area contributed by atoms with E-state index in [9.17, 15) is 0 Å². The van der Waals surface area contributed by atoms with Crippen molar-refractivity contribution in [1.82, 2.24) is 0 Å². The van der Waals surface area contributed by atoms with Crippen LogP contribution >= 0.6 is 0 Å². The molecule has 1 saturated carbocycles. The fourth-order valence-electron chi connectivity index (χ4n) is 2.12. The number of aryl methyl sites for hydroxylation is 1. The van der Waals surface area contributed by atoms with Crippen LogP contribution in [0.5, 0.6) is 5.75 Å².